The lowest BCUT2D eigenvalue weighted by molar-refractivity contribution is -0.136. The Morgan fingerprint density at radius 1 is 1.62 bits per heavy atom. The minimum Gasteiger partial charge on any atom is -0.481 e. The smallest absolute Gasteiger partial charge is 0.307 e. The van der Waals surface area contributed by atoms with E-state index in [1.54, 1.807) is 6.92 Å². The summed E-state index contributed by atoms with van der Waals surface area (Å²) in [6, 6.07) is 2.81. The van der Waals surface area contributed by atoms with Gasteiger partial charge in [0.2, 0.25) is 0 Å². The van der Waals surface area contributed by atoms with E-state index in [1.165, 1.54) is 12.1 Å². The van der Waals surface area contributed by atoms with Gasteiger partial charge in [-0.3, -0.25) is 4.79 Å². The van der Waals surface area contributed by atoms with Crippen molar-refractivity contribution in [1.82, 2.24) is 0 Å². The summed E-state index contributed by atoms with van der Waals surface area (Å²) in [6.45, 7) is 1.55. The van der Waals surface area contributed by atoms with Crippen molar-refractivity contribution in [1.29, 1.82) is 0 Å². The first-order valence-electron chi connectivity index (χ1n) is 3.67. The van der Waals surface area contributed by atoms with Gasteiger partial charge in [0.25, 0.3) is 0 Å². The quantitative estimate of drug-likeness (QED) is 0.800. The van der Waals surface area contributed by atoms with Crippen molar-refractivity contribution in [3.8, 4) is 0 Å². The van der Waals surface area contributed by atoms with Crippen LogP contribution in [0.4, 0.5) is 4.39 Å². The molecule has 13 heavy (non-hydrogen) atoms. The fourth-order valence-corrected chi connectivity index (χ4v) is 1.36. The van der Waals surface area contributed by atoms with Gasteiger partial charge in [0.05, 0.1) is 11.4 Å². The standard InChI is InChI=1S/C9H8ClFO2/c1-5-2-6(4-8(12)13)3-7(10)9(5)11/h2-3H,4H2,1H3,(H,12,13). The minimum absolute atomic E-state index is 0.0312. The predicted molar refractivity (Wildman–Crippen MR) is 47.5 cm³/mol. The maximum absolute atomic E-state index is 13.0. The highest BCUT2D eigenvalue weighted by atomic mass is 35.5. The molecule has 0 radical (unpaired) electrons. The molecular weight excluding hydrogens is 195 g/mol. The first kappa shape index (κ1) is 9.99. The first-order chi connectivity index (χ1) is 6.00. The molecule has 0 atom stereocenters. The Morgan fingerprint density at radius 3 is 2.69 bits per heavy atom. The molecule has 0 amide bonds. The predicted octanol–water partition coefficient (Wildman–Crippen LogP) is 2.41. The lowest BCUT2D eigenvalue weighted by Crippen LogP contribution is -2.01. The third-order valence-corrected chi connectivity index (χ3v) is 1.90. The second-order valence-corrected chi connectivity index (χ2v) is 3.19. The number of carbonyl (C=O) groups is 1. The van der Waals surface area contributed by atoms with Crippen LogP contribution in [0.3, 0.4) is 0 Å². The normalized spacial score (nSPS) is 10.1. The highest BCUT2D eigenvalue weighted by molar-refractivity contribution is 6.30. The van der Waals surface area contributed by atoms with E-state index in [9.17, 15) is 9.18 Å². The number of hydrogen-bond acceptors (Lipinski definition) is 1. The Hall–Kier alpha value is -1.09. The van der Waals surface area contributed by atoms with Crippen LogP contribution in [-0.2, 0) is 11.2 Å². The van der Waals surface area contributed by atoms with Crippen LogP contribution in [0.1, 0.15) is 11.1 Å². The van der Waals surface area contributed by atoms with Crippen molar-refractivity contribution in [2.45, 2.75) is 13.3 Å². The summed E-state index contributed by atoms with van der Waals surface area (Å²) in [6.07, 6.45) is -0.138. The van der Waals surface area contributed by atoms with Gasteiger partial charge in [-0.05, 0) is 24.1 Å². The molecule has 0 aliphatic rings. The number of benzene rings is 1. The molecule has 1 N–H and O–H groups in total. The Balaban J connectivity index is 3.06. The maximum Gasteiger partial charge on any atom is 0.307 e. The third-order valence-electron chi connectivity index (χ3n) is 1.63. The average molecular weight is 203 g/mol. The largest absolute Gasteiger partial charge is 0.481 e. The first-order valence-corrected chi connectivity index (χ1v) is 4.05. The molecule has 2 nitrogen and oxygen atoms in total. The fourth-order valence-electron chi connectivity index (χ4n) is 1.07. The summed E-state index contributed by atoms with van der Waals surface area (Å²) in [4.78, 5) is 10.3. The summed E-state index contributed by atoms with van der Waals surface area (Å²) >= 11 is 5.53. The molecule has 70 valence electrons. The van der Waals surface area contributed by atoms with Gasteiger partial charge >= 0.3 is 5.97 Å². The molecule has 0 bridgehead atoms. The molecule has 0 spiro atoms. The molecule has 1 rings (SSSR count). The van der Waals surface area contributed by atoms with Crippen LogP contribution >= 0.6 is 11.6 Å². The van der Waals surface area contributed by atoms with Crippen LogP contribution in [0.2, 0.25) is 5.02 Å². The zero-order valence-electron chi connectivity index (χ0n) is 6.97. The molecule has 0 saturated heterocycles. The molecule has 0 saturated carbocycles. The number of rotatable bonds is 2. The SMILES string of the molecule is Cc1cc(CC(=O)O)cc(Cl)c1F. The van der Waals surface area contributed by atoms with Gasteiger partial charge in [-0.15, -0.1) is 0 Å². The molecule has 0 aromatic heterocycles. The molecule has 1 aromatic carbocycles. The van der Waals surface area contributed by atoms with Crippen LogP contribution < -0.4 is 0 Å². The zero-order valence-corrected chi connectivity index (χ0v) is 7.73. The second-order valence-electron chi connectivity index (χ2n) is 2.78. The van der Waals surface area contributed by atoms with Gasteiger partial charge in [-0.1, -0.05) is 17.7 Å². The van der Waals surface area contributed by atoms with Crippen LogP contribution in [0.15, 0.2) is 12.1 Å². The number of carboxylic acids is 1. The van der Waals surface area contributed by atoms with E-state index in [0.717, 1.165) is 0 Å². The second kappa shape index (κ2) is 3.75. The summed E-state index contributed by atoms with van der Waals surface area (Å²) in [7, 11) is 0. The van der Waals surface area contributed by atoms with Gasteiger partial charge < -0.3 is 5.11 Å². The number of aryl methyl sites for hydroxylation is 1. The minimum atomic E-state index is -0.956. The van der Waals surface area contributed by atoms with E-state index in [4.69, 9.17) is 16.7 Å². The lowest BCUT2D eigenvalue weighted by atomic mass is 10.1. The molecule has 0 heterocycles. The van der Waals surface area contributed by atoms with Crippen molar-refractivity contribution in [2.24, 2.45) is 0 Å². The van der Waals surface area contributed by atoms with Crippen LogP contribution in [0, 0.1) is 12.7 Å². The van der Waals surface area contributed by atoms with E-state index in [0.29, 0.717) is 11.1 Å². The Bertz CT molecular complexity index is 326. The molecule has 0 aliphatic carbocycles. The van der Waals surface area contributed by atoms with Crippen molar-refractivity contribution in [2.75, 3.05) is 0 Å². The van der Waals surface area contributed by atoms with Gasteiger partial charge in [-0.25, -0.2) is 4.39 Å². The fraction of sp³-hybridized carbons (Fsp3) is 0.222. The lowest BCUT2D eigenvalue weighted by Gasteiger charge is -2.02. The van der Waals surface area contributed by atoms with Crippen molar-refractivity contribution >= 4 is 17.6 Å². The molecule has 0 unspecified atom stereocenters. The Kier molecular flexibility index (Phi) is 2.88. The van der Waals surface area contributed by atoms with E-state index in [1.807, 2.05) is 0 Å². The van der Waals surface area contributed by atoms with Gasteiger partial charge in [0.1, 0.15) is 5.82 Å². The van der Waals surface area contributed by atoms with E-state index in [-0.39, 0.29) is 11.4 Å². The summed E-state index contributed by atoms with van der Waals surface area (Å²) in [5, 5.41) is 8.45. The summed E-state index contributed by atoms with van der Waals surface area (Å²) in [5.74, 6) is -1.45. The van der Waals surface area contributed by atoms with E-state index in [2.05, 4.69) is 0 Å². The van der Waals surface area contributed by atoms with Crippen molar-refractivity contribution in [3.63, 3.8) is 0 Å². The molecule has 0 fully saturated rings. The summed E-state index contributed by atoms with van der Waals surface area (Å²) in [5.41, 5.74) is 0.875. The van der Waals surface area contributed by atoms with Gasteiger partial charge in [-0.2, -0.15) is 0 Å². The average Bonchev–Trinajstić information content (AvgIpc) is 1.98. The molecule has 0 aliphatic heterocycles. The molecule has 1 aromatic rings. The highest BCUT2D eigenvalue weighted by Crippen LogP contribution is 2.20. The topological polar surface area (TPSA) is 37.3 Å². The number of aliphatic carboxylic acids is 1. The van der Waals surface area contributed by atoms with Crippen LogP contribution in [0.25, 0.3) is 0 Å². The molecular formula is C9H8ClFO2. The number of halogens is 2. The van der Waals surface area contributed by atoms with E-state index < -0.39 is 11.8 Å². The maximum atomic E-state index is 13.0. The Morgan fingerprint density at radius 2 is 2.23 bits per heavy atom. The van der Waals surface area contributed by atoms with Gasteiger partial charge in [0, 0.05) is 0 Å². The van der Waals surface area contributed by atoms with Crippen molar-refractivity contribution < 1.29 is 14.3 Å². The Labute approximate surface area is 80.0 Å². The zero-order chi connectivity index (χ0) is 10.0. The highest BCUT2D eigenvalue weighted by Gasteiger charge is 2.07. The monoisotopic (exact) mass is 202 g/mol. The van der Waals surface area contributed by atoms with Gasteiger partial charge in [0.15, 0.2) is 0 Å². The van der Waals surface area contributed by atoms with E-state index >= 15 is 0 Å². The molecule has 4 heteroatoms. The number of hydrogen-bond donors (Lipinski definition) is 1. The van der Waals surface area contributed by atoms with Crippen LogP contribution in [-0.4, -0.2) is 11.1 Å². The number of carboxylic acid groups (broad SMARTS) is 1. The van der Waals surface area contributed by atoms with Crippen molar-refractivity contribution in [3.05, 3.63) is 34.1 Å². The van der Waals surface area contributed by atoms with Crippen LogP contribution in [0.5, 0.6) is 0 Å². The third kappa shape index (κ3) is 2.42. The summed E-state index contributed by atoms with van der Waals surface area (Å²) < 4.78 is 13.0.